The Bertz CT molecular complexity index is 614. The average Bonchev–Trinajstić information content (AvgIpc) is 2.87. The van der Waals surface area contributed by atoms with E-state index < -0.39 is 0 Å². The fourth-order valence-electron chi connectivity index (χ4n) is 3.11. The summed E-state index contributed by atoms with van der Waals surface area (Å²) in [6.45, 7) is 5.99. The first-order valence-corrected chi connectivity index (χ1v) is 7.71. The summed E-state index contributed by atoms with van der Waals surface area (Å²) in [6.07, 6.45) is 3.51. The molecule has 2 aromatic rings. The zero-order valence-electron chi connectivity index (χ0n) is 12.8. The van der Waals surface area contributed by atoms with Crippen molar-refractivity contribution in [3.05, 3.63) is 53.3 Å². The summed E-state index contributed by atoms with van der Waals surface area (Å²) in [7, 11) is 0. The van der Waals surface area contributed by atoms with E-state index >= 15 is 0 Å². The van der Waals surface area contributed by atoms with Crippen molar-refractivity contribution in [2.45, 2.75) is 33.1 Å². The number of aryl methyl sites for hydroxylation is 2. The lowest BCUT2D eigenvalue weighted by Crippen LogP contribution is -2.35. The number of rotatable bonds is 2. The molecule has 1 saturated heterocycles. The van der Waals surface area contributed by atoms with Crippen molar-refractivity contribution < 1.29 is 4.79 Å². The van der Waals surface area contributed by atoms with Gasteiger partial charge < -0.3 is 9.47 Å². The lowest BCUT2D eigenvalue weighted by Gasteiger charge is -2.26. The second-order valence-corrected chi connectivity index (χ2v) is 5.85. The van der Waals surface area contributed by atoms with Gasteiger partial charge in [0, 0.05) is 35.7 Å². The SMILES string of the molecule is Cc1ccc(C)n1-c1ccc(C(=O)N2CCCCC2)cc1. The number of amides is 1. The van der Waals surface area contributed by atoms with E-state index in [9.17, 15) is 4.79 Å². The second-order valence-electron chi connectivity index (χ2n) is 5.85. The molecule has 0 N–H and O–H groups in total. The van der Waals surface area contributed by atoms with E-state index in [1.165, 1.54) is 17.8 Å². The number of carbonyl (C=O) groups is 1. The smallest absolute Gasteiger partial charge is 0.253 e. The van der Waals surface area contributed by atoms with Crippen molar-refractivity contribution in [3.63, 3.8) is 0 Å². The molecule has 0 bridgehead atoms. The fraction of sp³-hybridized carbons (Fsp3) is 0.389. The van der Waals surface area contributed by atoms with Crippen LogP contribution in [0.3, 0.4) is 0 Å². The molecule has 2 heterocycles. The first-order chi connectivity index (χ1) is 10.2. The maximum absolute atomic E-state index is 12.5. The molecule has 3 heteroatoms. The largest absolute Gasteiger partial charge is 0.339 e. The Morgan fingerprint density at radius 3 is 2.00 bits per heavy atom. The zero-order valence-corrected chi connectivity index (χ0v) is 12.8. The molecule has 1 aromatic heterocycles. The second kappa shape index (κ2) is 5.76. The molecule has 110 valence electrons. The van der Waals surface area contributed by atoms with Crippen LogP contribution in [-0.4, -0.2) is 28.5 Å². The molecule has 1 amide bonds. The lowest BCUT2D eigenvalue weighted by molar-refractivity contribution is 0.0724. The van der Waals surface area contributed by atoms with Crippen molar-refractivity contribution >= 4 is 5.91 Å². The molecule has 3 nitrogen and oxygen atoms in total. The van der Waals surface area contributed by atoms with Crippen molar-refractivity contribution in [1.29, 1.82) is 0 Å². The highest BCUT2D eigenvalue weighted by molar-refractivity contribution is 5.94. The molecule has 0 saturated carbocycles. The number of aromatic nitrogens is 1. The van der Waals surface area contributed by atoms with Gasteiger partial charge in [-0.25, -0.2) is 0 Å². The molecule has 0 atom stereocenters. The van der Waals surface area contributed by atoms with Crippen molar-refractivity contribution in [3.8, 4) is 5.69 Å². The Labute approximate surface area is 126 Å². The number of hydrogen-bond acceptors (Lipinski definition) is 1. The van der Waals surface area contributed by atoms with Crippen LogP contribution in [-0.2, 0) is 0 Å². The summed E-state index contributed by atoms with van der Waals surface area (Å²) >= 11 is 0. The molecule has 0 aliphatic carbocycles. The van der Waals surface area contributed by atoms with Crippen LogP contribution in [0.15, 0.2) is 36.4 Å². The third-order valence-corrected chi connectivity index (χ3v) is 4.29. The highest BCUT2D eigenvalue weighted by atomic mass is 16.2. The van der Waals surface area contributed by atoms with Gasteiger partial charge in [0.25, 0.3) is 5.91 Å². The quantitative estimate of drug-likeness (QED) is 0.824. The van der Waals surface area contributed by atoms with Crippen LogP contribution in [0.1, 0.15) is 41.0 Å². The van der Waals surface area contributed by atoms with E-state index in [2.05, 4.69) is 30.5 Å². The topological polar surface area (TPSA) is 25.2 Å². The Morgan fingerprint density at radius 2 is 1.43 bits per heavy atom. The number of likely N-dealkylation sites (tertiary alicyclic amines) is 1. The molecule has 21 heavy (non-hydrogen) atoms. The monoisotopic (exact) mass is 282 g/mol. The van der Waals surface area contributed by atoms with E-state index in [4.69, 9.17) is 0 Å². The molecular formula is C18H22N2O. The van der Waals surface area contributed by atoms with Gasteiger partial charge >= 0.3 is 0 Å². The molecule has 1 aliphatic heterocycles. The maximum Gasteiger partial charge on any atom is 0.253 e. The van der Waals surface area contributed by atoms with Gasteiger partial charge in [-0.3, -0.25) is 4.79 Å². The molecule has 3 rings (SSSR count). The number of piperidine rings is 1. The summed E-state index contributed by atoms with van der Waals surface area (Å²) < 4.78 is 2.20. The molecule has 1 aliphatic rings. The van der Waals surface area contributed by atoms with Gasteiger partial charge in [0.15, 0.2) is 0 Å². The number of benzene rings is 1. The van der Waals surface area contributed by atoms with Crippen molar-refractivity contribution in [2.24, 2.45) is 0 Å². The van der Waals surface area contributed by atoms with Crippen molar-refractivity contribution in [1.82, 2.24) is 9.47 Å². The van der Waals surface area contributed by atoms with Crippen LogP contribution in [0.2, 0.25) is 0 Å². The van der Waals surface area contributed by atoms with E-state index in [1.807, 2.05) is 29.2 Å². The van der Waals surface area contributed by atoms with Gasteiger partial charge in [-0.2, -0.15) is 0 Å². The van der Waals surface area contributed by atoms with Crippen LogP contribution < -0.4 is 0 Å². The molecule has 0 unspecified atom stereocenters. The van der Waals surface area contributed by atoms with Gasteiger partial charge in [-0.05, 0) is 69.5 Å². The Morgan fingerprint density at radius 1 is 0.857 bits per heavy atom. The normalized spacial score (nSPS) is 15.2. The number of carbonyl (C=O) groups excluding carboxylic acids is 1. The summed E-state index contributed by atoms with van der Waals surface area (Å²) in [5, 5.41) is 0. The molecule has 1 fully saturated rings. The highest BCUT2D eigenvalue weighted by Crippen LogP contribution is 2.18. The molecule has 1 aromatic carbocycles. The Balaban J connectivity index is 1.82. The van der Waals surface area contributed by atoms with E-state index in [0.717, 1.165) is 37.2 Å². The van der Waals surface area contributed by atoms with Gasteiger partial charge in [0.2, 0.25) is 0 Å². The van der Waals surface area contributed by atoms with Crippen LogP contribution in [0.25, 0.3) is 5.69 Å². The van der Waals surface area contributed by atoms with Crippen molar-refractivity contribution in [2.75, 3.05) is 13.1 Å². The third kappa shape index (κ3) is 2.73. The van der Waals surface area contributed by atoms with Gasteiger partial charge in [-0.1, -0.05) is 0 Å². The first kappa shape index (κ1) is 13.9. The van der Waals surface area contributed by atoms with E-state index in [1.54, 1.807) is 0 Å². The standard InChI is InChI=1S/C18H22N2O/c1-14-6-7-15(2)20(14)17-10-8-16(9-11-17)18(21)19-12-4-3-5-13-19/h6-11H,3-5,12-13H2,1-2H3. The van der Waals surface area contributed by atoms with E-state index in [0.29, 0.717) is 0 Å². The van der Waals surface area contributed by atoms with E-state index in [-0.39, 0.29) is 5.91 Å². The fourth-order valence-corrected chi connectivity index (χ4v) is 3.11. The molecule has 0 spiro atoms. The lowest BCUT2D eigenvalue weighted by atomic mass is 10.1. The predicted octanol–water partition coefficient (Wildman–Crippen LogP) is 3.72. The summed E-state index contributed by atoms with van der Waals surface area (Å²) in [5.41, 5.74) is 4.33. The summed E-state index contributed by atoms with van der Waals surface area (Å²) in [6, 6.07) is 12.2. The predicted molar refractivity (Wildman–Crippen MR) is 85.0 cm³/mol. The minimum absolute atomic E-state index is 0.169. The van der Waals surface area contributed by atoms with Gasteiger partial charge in [0.05, 0.1) is 0 Å². The summed E-state index contributed by atoms with van der Waals surface area (Å²) in [4.78, 5) is 14.4. The van der Waals surface area contributed by atoms with Crippen LogP contribution >= 0.6 is 0 Å². The molecule has 0 radical (unpaired) electrons. The van der Waals surface area contributed by atoms with Crippen LogP contribution in [0, 0.1) is 13.8 Å². The minimum Gasteiger partial charge on any atom is -0.339 e. The molecular weight excluding hydrogens is 260 g/mol. The van der Waals surface area contributed by atoms with Gasteiger partial charge in [0.1, 0.15) is 0 Å². The minimum atomic E-state index is 0.169. The summed E-state index contributed by atoms with van der Waals surface area (Å²) in [5.74, 6) is 0.169. The van der Waals surface area contributed by atoms with Crippen LogP contribution in [0.5, 0.6) is 0 Å². The van der Waals surface area contributed by atoms with Gasteiger partial charge in [-0.15, -0.1) is 0 Å². The zero-order chi connectivity index (χ0) is 14.8. The Hall–Kier alpha value is -2.03. The van der Waals surface area contributed by atoms with Crippen LogP contribution in [0.4, 0.5) is 0 Å². The number of nitrogens with zero attached hydrogens (tertiary/aromatic N) is 2. The maximum atomic E-state index is 12.5. The number of hydrogen-bond donors (Lipinski definition) is 0. The Kier molecular flexibility index (Phi) is 3.82. The highest BCUT2D eigenvalue weighted by Gasteiger charge is 2.18. The third-order valence-electron chi connectivity index (χ3n) is 4.29. The first-order valence-electron chi connectivity index (χ1n) is 7.71. The average molecular weight is 282 g/mol.